The van der Waals surface area contributed by atoms with Crippen LogP contribution in [0.1, 0.15) is 18.0 Å². The molecule has 3 unspecified atom stereocenters. The number of para-hydroxylation sites is 1. The zero-order valence-corrected chi connectivity index (χ0v) is 11.9. The average Bonchev–Trinajstić information content (AvgIpc) is 2.55. The van der Waals surface area contributed by atoms with Crippen LogP contribution in [0.2, 0.25) is 0 Å². The number of benzene rings is 1. The molecule has 2 fully saturated rings. The molecule has 1 aromatic carbocycles. The number of hydrogen-bond donors (Lipinski definition) is 3. The fourth-order valence-corrected chi connectivity index (χ4v) is 3.75. The van der Waals surface area contributed by atoms with Crippen molar-refractivity contribution in [2.24, 2.45) is 10.2 Å². The van der Waals surface area contributed by atoms with Crippen molar-refractivity contribution in [3.63, 3.8) is 0 Å². The third-order valence-electron chi connectivity index (χ3n) is 4.84. The smallest absolute Gasteiger partial charge is 0.136 e. The summed E-state index contributed by atoms with van der Waals surface area (Å²) in [6.45, 7) is 4.11. The Labute approximate surface area is 124 Å². The lowest BCUT2D eigenvalue weighted by Gasteiger charge is -2.49. The molecule has 3 N–H and O–H groups in total. The summed E-state index contributed by atoms with van der Waals surface area (Å²) in [7, 11) is 0. The minimum absolute atomic E-state index is 0.0390. The van der Waals surface area contributed by atoms with Crippen LogP contribution in [-0.4, -0.2) is 54.4 Å². The number of phenols is 1. The summed E-state index contributed by atoms with van der Waals surface area (Å²) in [5, 5.41) is 25.9. The number of phenolic OH excluding ortho intramolecular Hbond substituents is 1. The van der Waals surface area contributed by atoms with E-state index < -0.39 is 0 Å². The minimum atomic E-state index is -0.0390. The number of fused-ring (bicyclic) bond motifs is 3. The molecule has 0 radical (unpaired) electrons. The van der Waals surface area contributed by atoms with Crippen LogP contribution < -0.4 is 10.6 Å². The Morgan fingerprint density at radius 1 is 1.19 bits per heavy atom. The highest BCUT2D eigenvalue weighted by Crippen LogP contribution is 2.36. The van der Waals surface area contributed by atoms with Crippen molar-refractivity contribution < 1.29 is 5.11 Å². The van der Waals surface area contributed by atoms with E-state index in [9.17, 15) is 5.11 Å². The van der Waals surface area contributed by atoms with E-state index in [-0.39, 0.29) is 12.2 Å². The molecule has 21 heavy (non-hydrogen) atoms. The first-order valence-corrected chi connectivity index (χ1v) is 7.70. The number of piperazine rings is 2. The van der Waals surface area contributed by atoms with Gasteiger partial charge in [-0.25, -0.2) is 0 Å². The molecule has 4 rings (SSSR count). The first-order valence-electron chi connectivity index (χ1n) is 7.70. The van der Waals surface area contributed by atoms with E-state index in [1.807, 2.05) is 18.2 Å². The predicted molar refractivity (Wildman–Crippen MR) is 79.3 cm³/mol. The fraction of sp³-hybridized carbons (Fsp3) is 0.600. The van der Waals surface area contributed by atoms with Gasteiger partial charge in [0.2, 0.25) is 0 Å². The summed E-state index contributed by atoms with van der Waals surface area (Å²) in [6, 6.07) is 8.34. The van der Waals surface area contributed by atoms with Gasteiger partial charge in [-0.1, -0.05) is 18.2 Å². The molecule has 6 nitrogen and oxygen atoms in total. The van der Waals surface area contributed by atoms with E-state index in [4.69, 9.17) is 0 Å². The molecule has 0 spiro atoms. The number of azo groups is 1. The zero-order chi connectivity index (χ0) is 14.2. The van der Waals surface area contributed by atoms with Crippen LogP contribution in [0.25, 0.3) is 0 Å². The molecule has 0 aromatic heterocycles. The van der Waals surface area contributed by atoms with Crippen LogP contribution in [0.3, 0.4) is 0 Å². The van der Waals surface area contributed by atoms with Crippen molar-refractivity contribution in [3.05, 3.63) is 29.8 Å². The monoisotopic (exact) mass is 287 g/mol. The molecule has 3 aliphatic heterocycles. The molecule has 0 aliphatic carbocycles. The van der Waals surface area contributed by atoms with Gasteiger partial charge in [0.15, 0.2) is 0 Å². The predicted octanol–water partition coefficient (Wildman–Crippen LogP) is 0.861. The molecule has 6 heteroatoms. The summed E-state index contributed by atoms with van der Waals surface area (Å²) < 4.78 is 0. The Bertz CT molecular complexity index is 549. The van der Waals surface area contributed by atoms with Crippen molar-refractivity contribution in [3.8, 4) is 5.75 Å². The maximum absolute atomic E-state index is 10.1. The number of nitrogens with one attached hydrogen (secondary N) is 2. The van der Waals surface area contributed by atoms with Gasteiger partial charge in [-0.2, -0.15) is 10.2 Å². The first-order chi connectivity index (χ1) is 10.3. The molecular formula is C15H21N5O. The van der Waals surface area contributed by atoms with Crippen LogP contribution >= 0.6 is 0 Å². The van der Waals surface area contributed by atoms with Crippen molar-refractivity contribution in [1.82, 2.24) is 15.5 Å². The maximum Gasteiger partial charge on any atom is 0.136 e. The number of aromatic hydroxyl groups is 1. The van der Waals surface area contributed by atoms with E-state index in [1.165, 1.54) is 0 Å². The van der Waals surface area contributed by atoms with Gasteiger partial charge in [0.1, 0.15) is 18.0 Å². The van der Waals surface area contributed by atoms with Crippen molar-refractivity contribution >= 4 is 0 Å². The highest BCUT2D eigenvalue weighted by Gasteiger charge is 2.41. The molecule has 2 saturated heterocycles. The molecule has 0 amide bonds. The lowest BCUT2D eigenvalue weighted by Crippen LogP contribution is -2.68. The Hall–Kier alpha value is -1.50. The molecule has 3 heterocycles. The van der Waals surface area contributed by atoms with Gasteiger partial charge in [-0.3, -0.25) is 10.2 Å². The molecule has 0 bridgehead atoms. The number of rotatable bonds is 1. The second-order valence-electron chi connectivity index (χ2n) is 6.06. The lowest BCUT2D eigenvalue weighted by atomic mass is 9.92. The lowest BCUT2D eigenvalue weighted by molar-refractivity contribution is 0.0278. The summed E-state index contributed by atoms with van der Waals surface area (Å²) in [4.78, 5) is 2.57. The zero-order valence-electron chi connectivity index (χ0n) is 11.9. The van der Waals surface area contributed by atoms with Gasteiger partial charge in [0.25, 0.3) is 0 Å². The molecule has 0 saturated carbocycles. The molecule has 1 aromatic rings. The second kappa shape index (κ2) is 5.36. The van der Waals surface area contributed by atoms with Crippen LogP contribution in [-0.2, 0) is 0 Å². The third-order valence-corrected chi connectivity index (χ3v) is 4.84. The van der Waals surface area contributed by atoms with E-state index in [2.05, 4.69) is 25.8 Å². The Kier molecular flexibility index (Phi) is 3.37. The van der Waals surface area contributed by atoms with Crippen LogP contribution in [0.15, 0.2) is 34.5 Å². The van der Waals surface area contributed by atoms with Gasteiger partial charge in [-0.05, 0) is 12.5 Å². The van der Waals surface area contributed by atoms with Crippen LogP contribution in [0.5, 0.6) is 5.75 Å². The second-order valence-corrected chi connectivity index (χ2v) is 6.06. The van der Waals surface area contributed by atoms with Crippen LogP contribution in [0.4, 0.5) is 0 Å². The molecule has 3 aliphatic rings. The van der Waals surface area contributed by atoms with E-state index in [0.29, 0.717) is 17.8 Å². The normalized spacial score (nSPS) is 36.0. The van der Waals surface area contributed by atoms with E-state index in [1.54, 1.807) is 6.07 Å². The summed E-state index contributed by atoms with van der Waals surface area (Å²) in [5.41, 5.74) is 0.886. The van der Waals surface area contributed by atoms with E-state index in [0.717, 1.165) is 38.2 Å². The highest BCUT2D eigenvalue weighted by molar-refractivity contribution is 5.35. The SMILES string of the molecule is Oc1ccccc1C1CC2C(N=N1)NC[C@H]1CNCCN21. The fourth-order valence-electron chi connectivity index (χ4n) is 3.75. The molecule has 4 atom stereocenters. The Balaban J connectivity index is 1.60. The van der Waals surface area contributed by atoms with Gasteiger partial charge >= 0.3 is 0 Å². The maximum atomic E-state index is 10.1. The minimum Gasteiger partial charge on any atom is -0.508 e. The highest BCUT2D eigenvalue weighted by atomic mass is 16.3. The largest absolute Gasteiger partial charge is 0.508 e. The van der Waals surface area contributed by atoms with Crippen molar-refractivity contribution in [1.29, 1.82) is 0 Å². The quantitative estimate of drug-likeness (QED) is 0.716. The Morgan fingerprint density at radius 2 is 2.10 bits per heavy atom. The summed E-state index contributed by atoms with van der Waals surface area (Å²) in [5.74, 6) is 0.320. The first kappa shape index (κ1) is 13.2. The molecular weight excluding hydrogens is 266 g/mol. The standard InChI is InChI=1S/C15H21N5O/c21-14-4-2-1-3-11(14)12-7-13-15(19-18-12)17-9-10-8-16-5-6-20(10)13/h1-4,10,12-13,15-17,21H,5-9H2/t10-,12?,13?,15?/m1/s1. The van der Waals surface area contributed by atoms with Gasteiger partial charge in [-0.15, -0.1) is 0 Å². The molecule has 112 valence electrons. The number of hydrogen-bond acceptors (Lipinski definition) is 6. The topological polar surface area (TPSA) is 72.2 Å². The van der Waals surface area contributed by atoms with Gasteiger partial charge in [0, 0.05) is 43.8 Å². The van der Waals surface area contributed by atoms with Crippen molar-refractivity contribution in [2.75, 3.05) is 26.2 Å². The van der Waals surface area contributed by atoms with Gasteiger partial charge in [0.05, 0.1) is 0 Å². The van der Waals surface area contributed by atoms with Crippen LogP contribution in [0, 0.1) is 0 Å². The van der Waals surface area contributed by atoms with Crippen molar-refractivity contribution in [2.45, 2.75) is 30.7 Å². The van der Waals surface area contributed by atoms with E-state index >= 15 is 0 Å². The average molecular weight is 287 g/mol. The summed E-state index contributed by atoms with van der Waals surface area (Å²) >= 11 is 0. The number of nitrogens with zero attached hydrogens (tertiary/aromatic N) is 3. The Morgan fingerprint density at radius 3 is 3.00 bits per heavy atom. The van der Waals surface area contributed by atoms with Gasteiger partial charge < -0.3 is 10.4 Å². The third kappa shape index (κ3) is 2.33. The summed E-state index contributed by atoms with van der Waals surface area (Å²) in [6.07, 6.45) is 1.01.